The van der Waals surface area contributed by atoms with E-state index in [1.165, 1.54) is 0 Å². The molecule has 2 N–H and O–H groups in total. The van der Waals surface area contributed by atoms with Crippen LogP contribution in [0.4, 0.5) is 23.2 Å². The fourth-order valence-corrected chi connectivity index (χ4v) is 3.09. The van der Waals surface area contributed by atoms with E-state index >= 15 is 0 Å². The molecule has 0 aliphatic carbocycles. The highest BCUT2D eigenvalue weighted by atomic mass is 19.1. The van der Waals surface area contributed by atoms with Gasteiger partial charge < -0.3 is 5.32 Å². The molecule has 1 unspecified atom stereocenters. The van der Waals surface area contributed by atoms with E-state index in [0.29, 0.717) is 23.2 Å². The number of halogens is 4. The highest BCUT2D eigenvalue weighted by Crippen LogP contribution is 2.37. The third kappa shape index (κ3) is 2.14. The maximum absolute atomic E-state index is 14.0. The molecule has 0 fully saturated rings. The number of hydrogen-bond acceptors (Lipinski definition) is 3. The van der Waals surface area contributed by atoms with Crippen molar-refractivity contribution in [3.63, 3.8) is 0 Å². The van der Waals surface area contributed by atoms with E-state index in [9.17, 15) is 22.4 Å². The van der Waals surface area contributed by atoms with Crippen LogP contribution in [-0.2, 0) is 6.42 Å². The summed E-state index contributed by atoms with van der Waals surface area (Å²) >= 11 is 0. The van der Waals surface area contributed by atoms with Gasteiger partial charge in [-0.3, -0.25) is 4.79 Å². The number of H-pyrrole nitrogens is 1. The summed E-state index contributed by atoms with van der Waals surface area (Å²) in [7, 11) is 0. The first-order valence-corrected chi connectivity index (χ1v) is 7.06. The minimum atomic E-state index is -1.05. The van der Waals surface area contributed by atoms with Gasteiger partial charge in [0.25, 0.3) is 5.56 Å². The van der Waals surface area contributed by atoms with Crippen LogP contribution < -0.4 is 10.9 Å². The zero-order chi connectivity index (χ0) is 17.0. The smallest absolute Gasteiger partial charge is 0.272 e. The van der Waals surface area contributed by atoms with E-state index in [-0.39, 0.29) is 23.1 Å². The molecule has 1 atom stereocenters. The molecule has 8 heteroatoms. The normalized spacial score (nSPS) is 16.2. The highest BCUT2D eigenvalue weighted by molar-refractivity contribution is 5.96. The van der Waals surface area contributed by atoms with Gasteiger partial charge in [-0.15, -0.1) is 0 Å². The molecule has 0 saturated heterocycles. The third-order valence-corrected chi connectivity index (χ3v) is 4.05. The Balaban J connectivity index is 1.91. The minimum Gasteiger partial charge on any atom is -0.377 e. The van der Waals surface area contributed by atoms with Crippen LogP contribution in [0.5, 0.6) is 0 Å². The van der Waals surface area contributed by atoms with Crippen molar-refractivity contribution >= 4 is 16.5 Å². The van der Waals surface area contributed by atoms with Gasteiger partial charge in [-0.1, -0.05) is 0 Å². The average molecular weight is 335 g/mol. The second-order valence-electron chi connectivity index (χ2n) is 5.56. The standard InChI is InChI=1S/C16H9F4N3O/c17-6-1-8-14-11(4-6)21-12(5-13(14)22-23-16(8)24)15-9(19)2-7(18)3-10(15)20/h1-4,12,21H,5H2,(H,23,24). The van der Waals surface area contributed by atoms with Gasteiger partial charge in [-0.25, -0.2) is 22.7 Å². The van der Waals surface area contributed by atoms with Gasteiger partial charge in [-0.2, -0.15) is 5.10 Å². The molecule has 0 bridgehead atoms. The van der Waals surface area contributed by atoms with Gasteiger partial charge in [0.2, 0.25) is 0 Å². The number of benzene rings is 2. The van der Waals surface area contributed by atoms with Crippen LogP contribution in [0, 0.1) is 23.3 Å². The molecule has 122 valence electrons. The molecule has 1 aromatic heterocycles. The molecule has 4 rings (SSSR count). The first kappa shape index (κ1) is 14.7. The molecule has 1 aliphatic heterocycles. The summed E-state index contributed by atoms with van der Waals surface area (Å²) in [6.07, 6.45) is 0.0470. The zero-order valence-corrected chi connectivity index (χ0v) is 12.0. The Bertz CT molecular complexity index is 1020. The third-order valence-electron chi connectivity index (χ3n) is 4.05. The topological polar surface area (TPSA) is 57.8 Å². The van der Waals surface area contributed by atoms with Crippen molar-refractivity contribution in [2.24, 2.45) is 0 Å². The first-order valence-electron chi connectivity index (χ1n) is 7.06. The number of rotatable bonds is 1. The Kier molecular flexibility index (Phi) is 3.09. The molecule has 24 heavy (non-hydrogen) atoms. The van der Waals surface area contributed by atoms with Gasteiger partial charge in [0, 0.05) is 35.2 Å². The quantitative estimate of drug-likeness (QED) is 0.672. The average Bonchev–Trinajstić information content (AvgIpc) is 2.49. The van der Waals surface area contributed by atoms with Crippen molar-refractivity contribution in [3.8, 4) is 0 Å². The van der Waals surface area contributed by atoms with E-state index in [0.717, 1.165) is 12.1 Å². The maximum atomic E-state index is 14.0. The van der Waals surface area contributed by atoms with Gasteiger partial charge in [0.1, 0.15) is 23.3 Å². The molecule has 0 amide bonds. The minimum absolute atomic E-state index is 0.0470. The van der Waals surface area contributed by atoms with Gasteiger partial charge >= 0.3 is 0 Å². The summed E-state index contributed by atoms with van der Waals surface area (Å²) in [6.45, 7) is 0. The van der Waals surface area contributed by atoms with Crippen LogP contribution in [-0.4, -0.2) is 10.2 Å². The molecule has 1 aliphatic rings. The zero-order valence-electron chi connectivity index (χ0n) is 12.0. The first-order chi connectivity index (χ1) is 11.4. The molecular formula is C16H9F4N3O. The fraction of sp³-hybridized carbons (Fsp3) is 0.125. The largest absolute Gasteiger partial charge is 0.377 e. The predicted octanol–water partition coefficient (Wildman–Crippen LogP) is 3.19. The maximum Gasteiger partial charge on any atom is 0.272 e. The summed E-state index contributed by atoms with van der Waals surface area (Å²) in [5.74, 6) is -3.80. The fourth-order valence-electron chi connectivity index (χ4n) is 3.09. The molecule has 0 saturated carbocycles. The summed E-state index contributed by atoms with van der Waals surface area (Å²) in [5, 5.41) is 9.46. The lowest BCUT2D eigenvalue weighted by atomic mass is 9.93. The number of hydrogen-bond donors (Lipinski definition) is 2. The summed E-state index contributed by atoms with van der Waals surface area (Å²) in [4.78, 5) is 11.8. The summed E-state index contributed by atoms with van der Waals surface area (Å²) in [5.41, 5.74) is -0.356. The van der Waals surface area contributed by atoms with Gasteiger partial charge in [0.15, 0.2) is 0 Å². The monoisotopic (exact) mass is 335 g/mol. The van der Waals surface area contributed by atoms with E-state index in [4.69, 9.17) is 0 Å². The molecule has 2 aromatic carbocycles. The number of aromatic amines is 1. The van der Waals surface area contributed by atoms with E-state index < -0.39 is 34.9 Å². The van der Waals surface area contributed by atoms with Crippen LogP contribution in [0.2, 0.25) is 0 Å². The van der Waals surface area contributed by atoms with E-state index in [2.05, 4.69) is 15.5 Å². The van der Waals surface area contributed by atoms with Crippen LogP contribution >= 0.6 is 0 Å². The van der Waals surface area contributed by atoms with Crippen LogP contribution in [0.15, 0.2) is 29.1 Å². The number of nitrogens with zero attached hydrogens (tertiary/aromatic N) is 1. The van der Waals surface area contributed by atoms with E-state index in [1.807, 2.05) is 0 Å². The molecule has 0 spiro atoms. The molecule has 4 nitrogen and oxygen atoms in total. The number of anilines is 1. The Morgan fingerprint density at radius 2 is 1.67 bits per heavy atom. The Hall–Kier alpha value is -2.90. The lowest BCUT2D eigenvalue weighted by molar-refractivity contribution is 0.507. The molecular weight excluding hydrogens is 326 g/mol. The summed E-state index contributed by atoms with van der Waals surface area (Å²) < 4.78 is 54.9. The van der Waals surface area contributed by atoms with E-state index in [1.54, 1.807) is 0 Å². The van der Waals surface area contributed by atoms with Crippen LogP contribution in [0.1, 0.15) is 17.3 Å². The van der Waals surface area contributed by atoms with Crippen molar-refractivity contribution in [3.05, 3.63) is 69.1 Å². The van der Waals surface area contributed by atoms with Crippen molar-refractivity contribution in [1.29, 1.82) is 0 Å². The Morgan fingerprint density at radius 3 is 2.38 bits per heavy atom. The number of nitrogens with one attached hydrogen (secondary N) is 2. The van der Waals surface area contributed by atoms with Crippen molar-refractivity contribution in [2.45, 2.75) is 12.5 Å². The molecule has 2 heterocycles. The van der Waals surface area contributed by atoms with Crippen LogP contribution in [0.3, 0.4) is 0 Å². The van der Waals surface area contributed by atoms with Crippen molar-refractivity contribution in [2.75, 3.05) is 5.32 Å². The lowest BCUT2D eigenvalue weighted by Gasteiger charge is -2.27. The summed E-state index contributed by atoms with van der Waals surface area (Å²) in [6, 6.07) is 2.44. The highest BCUT2D eigenvalue weighted by Gasteiger charge is 2.28. The van der Waals surface area contributed by atoms with Gasteiger partial charge in [0.05, 0.1) is 17.1 Å². The van der Waals surface area contributed by atoms with Gasteiger partial charge in [-0.05, 0) is 12.1 Å². The Labute approximate surface area is 132 Å². The molecule has 3 aromatic rings. The van der Waals surface area contributed by atoms with Crippen molar-refractivity contribution < 1.29 is 17.6 Å². The second-order valence-corrected chi connectivity index (χ2v) is 5.56. The number of aromatic nitrogens is 2. The second kappa shape index (κ2) is 5.05. The van der Waals surface area contributed by atoms with Crippen LogP contribution in [0.25, 0.3) is 10.8 Å². The Morgan fingerprint density at radius 1 is 1.00 bits per heavy atom. The van der Waals surface area contributed by atoms with Crippen molar-refractivity contribution in [1.82, 2.24) is 10.2 Å². The predicted molar refractivity (Wildman–Crippen MR) is 78.7 cm³/mol. The lowest BCUT2D eigenvalue weighted by Crippen LogP contribution is -2.24. The molecule has 0 radical (unpaired) electrons. The SMILES string of the molecule is O=c1[nH]nc2c3c(cc(F)cc13)NC(c1c(F)cc(F)cc1F)C2.